The Labute approximate surface area is 105 Å². The molecule has 0 radical (unpaired) electrons. The van der Waals surface area contributed by atoms with Crippen LogP contribution in [0.25, 0.3) is 0 Å². The molecule has 2 unspecified atom stereocenters. The summed E-state index contributed by atoms with van der Waals surface area (Å²) in [6.07, 6.45) is 3.62. The Morgan fingerprint density at radius 3 is 2.35 bits per heavy atom. The molecule has 1 N–H and O–H groups in total. The fourth-order valence-electron chi connectivity index (χ4n) is 2.26. The summed E-state index contributed by atoms with van der Waals surface area (Å²) >= 11 is 0. The standard InChI is InChI=1S/C15H25NO/c1-5-6-12(2)15(16-3)11-13-7-9-14(17-4)10-8-13/h7-10,12,15-16H,5-6,11H2,1-4H3. The number of rotatable bonds is 7. The molecule has 0 aliphatic rings. The summed E-state index contributed by atoms with van der Waals surface area (Å²) in [5.41, 5.74) is 1.37. The molecule has 1 aromatic rings. The van der Waals surface area contributed by atoms with E-state index in [1.807, 2.05) is 12.1 Å². The van der Waals surface area contributed by atoms with Gasteiger partial charge >= 0.3 is 0 Å². The average molecular weight is 235 g/mol. The predicted octanol–water partition coefficient (Wildman–Crippen LogP) is 3.26. The van der Waals surface area contributed by atoms with E-state index in [9.17, 15) is 0 Å². The van der Waals surface area contributed by atoms with Crippen LogP contribution in [0.4, 0.5) is 0 Å². The summed E-state index contributed by atoms with van der Waals surface area (Å²) in [6.45, 7) is 4.57. The zero-order valence-electron chi connectivity index (χ0n) is 11.5. The molecule has 2 nitrogen and oxygen atoms in total. The highest BCUT2D eigenvalue weighted by molar-refractivity contribution is 5.27. The Morgan fingerprint density at radius 1 is 1.24 bits per heavy atom. The van der Waals surface area contributed by atoms with Crippen LogP contribution in [-0.2, 0) is 6.42 Å². The Bertz CT molecular complexity index is 307. The molecule has 0 aliphatic heterocycles. The molecule has 2 heteroatoms. The molecule has 2 atom stereocenters. The number of nitrogens with one attached hydrogen (secondary N) is 1. The third-order valence-corrected chi connectivity index (χ3v) is 3.42. The molecule has 0 bridgehead atoms. The fourth-order valence-corrected chi connectivity index (χ4v) is 2.26. The number of hydrogen-bond acceptors (Lipinski definition) is 2. The largest absolute Gasteiger partial charge is 0.497 e. The second-order valence-electron chi connectivity index (χ2n) is 4.71. The first kappa shape index (κ1) is 14.0. The Kier molecular flexibility index (Phi) is 6.06. The molecule has 1 rings (SSSR count). The number of methoxy groups -OCH3 is 1. The fraction of sp³-hybridized carbons (Fsp3) is 0.600. The van der Waals surface area contributed by atoms with Crippen molar-refractivity contribution in [3.63, 3.8) is 0 Å². The first-order valence-corrected chi connectivity index (χ1v) is 6.51. The van der Waals surface area contributed by atoms with Crippen LogP contribution < -0.4 is 10.1 Å². The second-order valence-corrected chi connectivity index (χ2v) is 4.71. The number of likely N-dealkylation sites (N-methyl/N-ethyl adjacent to an activating group) is 1. The van der Waals surface area contributed by atoms with Gasteiger partial charge in [-0.3, -0.25) is 0 Å². The quantitative estimate of drug-likeness (QED) is 0.783. The van der Waals surface area contributed by atoms with E-state index in [0.717, 1.165) is 12.2 Å². The van der Waals surface area contributed by atoms with Gasteiger partial charge in [0.05, 0.1) is 7.11 Å². The zero-order chi connectivity index (χ0) is 12.7. The highest BCUT2D eigenvalue weighted by Gasteiger charge is 2.14. The van der Waals surface area contributed by atoms with Crippen molar-refractivity contribution in [2.45, 2.75) is 39.2 Å². The lowest BCUT2D eigenvalue weighted by atomic mass is 9.92. The van der Waals surface area contributed by atoms with Crippen molar-refractivity contribution >= 4 is 0 Å². The minimum atomic E-state index is 0.559. The van der Waals surface area contributed by atoms with E-state index in [0.29, 0.717) is 12.0 Å². The Morgan fingerprint density at radius 2 is 1.88 bits per heavy atom. The Hall–Kier alpha value is -1.02. The highest BCUT2D eigenvalue weighted by atomic mass is 16.5. The minimum Gasteiger partial charge on any atom is -0.497 e. The van der Waals surface area contributed by atoms with Crippen LogP contribution in [0.5, 0.6) is 5.75 Å². The summed E-state index contributed by atoms with van der Waals surface area (Å²) in [5.74, 6) is 1.64. The Balaban J connectivity index is 2.60. The van der Waals surface area contributed by atoms with E-state index in [2.05, 4.69) is 38.3 Å². The van der Waals surface area contributed by atoms with Crippen molar-refractivity contribution in [2.75, 3.05) is 14.2 Å². The zero-order valence-corrected chi connectivity index (χ0v) is 11.5. The van der Waals surface area contributed by atoms with Crippen molar-refractivity contribution in [1.82, 2.24) is 5.32 Å². The van der Waals surface area contributed by atoms with Crippen LogP contribution in [0.2, 0.25) is 0 Å². The van der Waals surface area contributed by atoms with Crippen molar-refractivity contribution in [1.29, 1.82) is 0 Å². The lowest BCUT2D eigenvalue weighted by Gasteiger charge is -2.23. The van der Waals surface area contributed by atoms with E-state index in [1.165, 1.54) is 18.4 Å². The van der Waals surface area contributed by atoms with Crippen LogP contribution in [0.15, 0.2) is 24.3 Å². The van der Waals surface area contributed by atoms with E-state index in [1.54, 1.807) is 7.11 Å². The van der Waals surface area contributed by atoms with Gasteiger partial charge in [0.2, 0.25) is 0 Å². The van der Waals surface area contributed by atoms with Crippen molar-refractivity contribution < 1.29 is 4.74 Å². The van der Waals surface area contributed by atoms with Gasteiger partial charge in [-0.1, -0.05) is 32.4 Å². The summed E-state index contributed by atoms with van der Waals surface area (Å²) < 4.78 is 5.17. The van der Waals surface area contributed by atoms with Crippen LogP contribution in [-0.4, -0.2) is 20.2 Å². The van der Waals surface area contributed by atoms with Crippen molar-refractivity contribution in [2.24, 2.45) is 5.92 Å². The van der Waals surface area contributed by atoms with Gasteiger partial charge < -0.3 is 10.1 Å². The van der Waals surface area contributed by atoms with Gasteiger partial charge in [-0.15, -0.1) is 0 Å². The molecule has 96 valence electrons. The van der Waals surface area contributed by atoms with E-state index < -0.39 is 0 Å². The smallest absolute Gasteiger partial charge is 0.118 e. The minimum absolute atomic E-state index is 0.559. The first-order chi connectivity index (χ1) is 8.21. The summed E-state index contributed by atoms with van der Waals surface area (Å²) in [6, 6.07) is 8.94. The van der Waals surface area contributed by atoms with E-state index in [-0.39, 0.29) is 0 Å². The summed E-state index contributed by atoms with van der Waals surface area (Å²) in [7, 11) is 3.76. The monoisotopic (exact) mass is 235 g/mol. The normalized spacial score (nSPS) is 14.4. The molecule has 17 heavy (non-hydrogen) atoms. The number of ether oxygens (including phenoxy) is 1. The molecule has 0 fully saturated rings. The maximum Gasteiger partial charge on any atom is 0.118 e. The van der Waals surface area contributed by atoms with Gasteiger partial charge in [-0.25, -0.2) is 0 Å². The van der Waals surface area contributed by atoms with E-state index in [4.69, 9.17) is 4.74 Å². The van der Waals surface area contributed by atoms with Crippen LogP contribution >= 0.6 is 0 Å². The average Bonchev–Trinajstić information content (AvgIpc) is 2.37. The van der Waals surface area contributed by atoms with Crippen molar-refractivity contribution in [3.05, 3.63) is 29.8 Å². The molecule has 0 saturated carbocycles. The SMILES string of the molecule is CCCC(C)C(Cc1ccc(OC)cc1)NC. The van der Waals surface area contributed by atoms with Crippen LogP contribution in [0.3, 0.4) is 0 Å². The third-order valence-electron chi connectivity index (χ3n) is 3.42. The van der Waals surface area contributed by atoms with Gasteiger partial charge in [0.1, 0.15) is 5.75 Å². The topological polar surface area (TPSA) is 21.3 Å². The van der Waals surface area contributed by atoms with Crippen molar-refractivity contribution in [3.8, 4) is 5.75 Å². The molecule has 0 heterocycles. The third kappa shape index (κ3) is 4.39. The lowest BCUT2D eigenvalue weighted by Crippen LogP contribution is -2.34. The van der Waals surface area contributed by atoms with Gasteiger partial charge in [0.15, 0.2) is 0 Å². The summed E-state index contributed by atoms with van der Waals surface area (Å²) in [4.78, 5) is 0. The molecule has 0 amide bonds. The van der Waals surface area contributed by atoms with Crippen LogP contribution in [0.1, 0.15) is 32.3 Å². The number of benzene rings is 1. The molecule has 0 spiro atoms. The molecule has 0 aliphatic carbocycles. The van der Waals surface area contributed by atoms with Gasteiger partial charge in [0.25, 0.3) is 0 Å². The summed E-state index contributed by atoms with van der Waals surface area (Å²) in [5, 5.41) is 3.43. The van der Waals surface area contributed by atoms with Crippen LogP contribution in [0, 0.1) is 5.92 Å². The van der Waals surface area contributed by atoms with Gasteiger partial charge in [0, 0.05) is 6.04 Å². The predicted molar refractivity (Wildman–Crippen MR) is 73.6 cm³/mol. The maximum absolute atomic E-state index is 5.17. The molecular weight excluding hydrogens is 210 g/mol. The lowest BCUT2D eigenvalue weighted by molar-refractivity contribution is 0.371. The molecule has 0 aromatic heterocycles. The van der Waals surface area contributed by atoms with Gasteiger partial charge in [-0.05, 0) is 43.5 Å². The van der Waals surface area contributed by atoms with E-state index >= 15 is 0 Å². The second kappa shape index (κ2) is 7.33. The first-order valence-electron chi connectivity index (χ1n) is 6.51. The number of hydrogen-bond donors (Lipinski definition) is 1. The maximum atomic E-state index is 5.17. The highest BCUT2D eigenvalue weighted by Crippen LogP contribution is 2.17. The molecular formula is C15H25NO. The molecule has 0 saturated heterocycles. The molecule has 1 aromatic carbocycles. The van der Waals surface area contributed by atoms with Gasteiger partial charge in [-0.2, -0.15) is 0 Å².